The summed E-state index contributed by atoms with van der Waals surface area (Å²) in [6.07, 6.45) is 1.96. The van der Waals surface area contributed by atoms with Crippen molar-refractivity contribution in [1.29, 1.82) is 0 Å². The second-order valence-electron chi connectivity index (χ2n) is 7.22. The number of rotatable bonds is 7. The van der Waals surface area contributed by atoms with Crippen LogP contribution >= 0.6 is 11.6 Å². The van der Waals surface area contributed by atoms with Crippen molar-refractivity contribution in [3.05, 3.63) is 28.8 Å². The lowest BCUT2D eigenvalue weighted by Gasteiger charge is -2.25. The van der Waals surface area contributed by atoms with Gasteiger partial charge in [-0.15, -0.1) is 0 Å². The van der Waals surface area contributed by atoms with Gasteiger partial charge in [-0.25, -0.2) is 0 Å². The number of aliphatic hydroxyl groups excluding tert-OH is 1. The van der Waals surface area contributed by atoms with E-state index in [0.717, 1.165) is 25.2 Å². The zero-order valence-electron chi connectivity index (χ0n) is 14.3. The van der Waals surface area contributed by atoms with Gasteiger partial charge in [0.25, 0.3) is 0 Å². The van der Waals surface area contributed by atoms with Gasteiger partial charge in [0.1, 0.15) is 12.4 Å². The van der Waals surface area contributed by atoms with E-state index in [-0.39, 0.29) is 12.5 Å². The molecule has 4 nitrogen and oxygen atoms in total. The van der Waals surface area contributed by atoms with Crippen molar-refractivity contribution in [3.63, 3.8) is 0 Å². The standard InChI is InChI=1S/C18H28ClNO3/c1-13(11-20-8-4-5-9-20)17(21)14-6-7-16(15(19)10-14)23-12-18(2,3)22/h6-7,10,13,17,21-22H,4-5,8-9,11-12H2,1-3H3/t13-,17?/m1/s1. The van der Waals surface area contributed by atoms with E-state index in [1.165, 1.54) is 12.8 Å². The molecular formula is C18H28ClNO3. The fourth-order valence-corrected chi connectivity index (χ4v) is 3.12. The number of likely N-dealkylation sites (tertiary alicyclic amines) is 1. The van der Waals surface area contributed by atoms with Gasteiger partial charge in [0, 0.05) is 6.54 Å². The largest absolute Gasteiger partial charge is 0.489 e. The molecule has 1 unspecified atom stereocenters. The van der Waals surface area contributed by atoms with Gasteiger partial charge >= 0.3 is 0 Å². The first-order chi connectivity index (χ1) is 10.8. The molecule has 0 saturated carbocycles. The molecule has 0 aromatic heterocycles. The summed E-state index contributed by atoms with van der Waals surface area (Å²) in [5.41, 5.74) is -0.108. The summed E-state index contributed by atoms with van der Waals surface area (Å²) in [4.78, 5) is 2.40. The predicted octanol–water partition coefficient (Wildman–Crippen LogP) is 3.26. The van der Waals surface area contributed by atoms with Gasteiger partial charge in [0.2, 0.25) is 0 Å². The smallest absolute Gasteiger partial charge is 0.138 e. The number of halogens is 1. The van der Waals surface area contributed by atoms with Crippen LogP contribution in [0.5, 0.6) is 5.75 Å². The first-order valence-electron chi connectivity index (χ1n) is 8.31. The average molecular weight is 342 g/mol. The van der Waals surface area contributed by atoms with Crippen molar-refractivity contribution in [3.8, 4) is 5.75 Å². The number of hydrogen-bond donors (Lipinski definition) is 2. The van der Waals surface area contributed by atoms with Crippen LogP contribution in [0.1, 0.15) is 45.3 Å². The van der Waals surface area contributed by atoms with E-state index < -0.39 is 11.7 Å². The minimum atomic E-state index is -0.911. The minimum absolute atomic E-state index is 0.146. The van der Waals surface area contributed by atoms with E-state index in [0.29, 0.717) is 10.8 Å². The maximum atomic E-state index is 10.6. The molecule has 1 aromatic rings. The number of aliphatic hydroxyl groups is 2. The molecule has 23 heavy (non-hydrogen) atoms. The highest BCUT2D eigenvalue weighted by Crippen LogP contribution is 2.31. The van der Waals surface area contributed by atoms with E-state index in [1.54, 1.807) is 26.0 Å². The normalized spacial score (nSPS) is 18.9. The monoisotopic (exact) mass is 341 g/mol. The Kier molecular flexibility index (Phi) is 6.32. The molecular weight excluding hydrogens is 314 g/mol. The lowest BCUT2D eigenvalue weighted by molar-refractivity contribution is 0.0285. The van der Waals surface area contributed by atoms with E-state index in [4.69, 9.17) is 16.3 Å². The van der Waals surface area contributed by atoms with E-state index in [2.05, 4.69) is 11.8 Å². The van der Waals surface area contributed by atoms with Crippen molar-refractivity contribution in [2.45, 2.75) is 45.3 Å². The third kappa shape index (κ3) is 5.64. The molecule has 5 heteroatoms. The topological polar surface area (TPSA) is 52.9 Å². The second kappa shape index (κ2) is 7.84. The summed E-state index contributed by atoms with van der Waals surface area (Å²) in [6, 6.07) is 5.36. The van der Waals surface area contributed by atoms with E-state index in [9.17, 15) is 10.2 Å². The van der Waals surface area contributed by atoms with Crippen LogP contribution in [0.3, 0.4) is 0 Å². The Morgan fingerprint density at radius 3 is 2.52 bits per heavy atom. The molecule has 1 aliphatic heterocycles. The molecule has 1 aliphatic rings. The molecule has 1 saturated heterocycles. The molecule has 0 aliphatic carbocycles. The molecule has 2 atom stereocenters. The van der Waals surface area contributed by atoms with Gasteiger partial charge in [-0.3, -0.25) is 0 Å². The fourth-order valence-electron chi connectivity index (χ4n) is 2.87. The van der Waals surface area contributed by atoms with Crippen LogP contribution in [0.25, 0.3) is 0 Å². The lowest BCUT2D eigenvalue weighted by Crippen LogP contribution is -2.28. The SMILES string of the molecule is C[C@H](CN1CCCC1)C(O)c1ccc(OCC(C)(C)O)c(Cl)c1. The third-order valence-electron chi connectivity index (χ3n) is 4.16. The molecule has 1 heterocycles. The molecule has 0 spiro atoms. The van der Waals surface area contributed by atoms with Gasteiger partial charge in [0.05, 0.1) is 16.7 Å². The molecule has 2 N–H and O–H groups in total. The first-order valence-corrected chi connectivity index (χ1v) is 8.69. The minimum Gasteiger partial charge on any atom is -0.489 e. The lowest BCUT2D eigenvalue weighted by atomic mass is 9.97. The summed E-state index contributed by atoms with van der Waals surface area (Å²) in [7, 11) is 0. The van der Waals surface area contributed by atoms with Gasteiger partial charge in [-0.1, -0.05) is 24.6 Å². The van der Waals surface area contributed by atoms with Gasteiger partial charge in [0.15, 0.2) is 0 Å². The summed E-state index contributed by atoms with van der Waals surface area (Å²) in [6.45, 7) is 8.74. The average Bonchev–Trinajstić information content (AvgIpc) is 2.97. The van der Waals surface area contributed by atoms with Crippen molar-refractivity contribution in [1.82, 2.24) is 4.90 Å². The van der Waals surface area contributed by atoms with Crippen LogP contribution in [0.15, 0.2) is 18.2 Å². The van der Waals surface area contributed by atoms with Crippen LogP contribution < -0.4 is 4.74 Å². The van der Waals surface area contributed by atoms with Crippen LogP contribution in [0.2, 0.25) is 5.02 Å². The van der Waals surface area contributed by atoms with E-state index in [1.807, 2.05) is 6.07 Å². The molecule has 1 fully saturated rings. The van der Waals surface area contributed by atoms with Crippen LogP contribution in [0, 0.1) is 5.92 Å². The van der Waals surface area contributed by atoms with Gasteiger partial charge in [-0.2, -0.15) is 0 Å². The van der Waals surface area contributed by atoms with Crippen LogP contribution in [-0.2, 0) is 0 Å². The summed E-state index contributed by atoms with van der Waals surface area (Å²) < 4.78 is 5.53. The van der Waals surface area contributed by atoms with Crippen LogP contribution in [-0.4, -0.2) is 47.0 Å². The highest BCUT2D eigenvalue weighted by molar-refractivity contribution is 6.32. The zero-order valence-corrected chi connectivity index (χ0v) is 15.0. The molecule has 0 radical (unpaired) electrons. The van der Waals surface area contributed by atoms with Crippen molar-refractivity contribution in [2.75, 3.05) is 26.2 Å². The third-order valence-corrected chi connectivity index (χ3v) is 4.46. The Bertz CT molecular complexity index is 509. The summed E-state index contributed by atoms with van der Waals surface area (Å²) >= 11 is 6.25. The van der Waals surface area contributed by atoms with Crippen molar-refractivity contribution in [2.24, 2.45) is 5.92 Å². The quantitative estimate of drug-likeness (QED) is 0.799. The first kappa shape index (κ1) is 18.5. The molecule has 1 aromatic carbocycles. The Morgan fingerprint density at radius 2 is 1.96 bits per heavy atom. The predicted molar refractivity (Wildman–Crippen MR) is 93.0 cm³/mol. The van der Waals surface area contributed by atoms with Crippen molar-refractivity contribution >= 4 is 11.6 Å². The Labute approximate surface area is 144 Å². The highest BCUT2D eigenvalue weighted by Gasteiger charge is 2.22. The number of nitrogens with zero attached hydrogens (tertiary/aromatic N) is 1. The van der Waals surface area contributed by atoms with Crippen molar-refractivity contribution < 1.29 is 14.9 Å². The van der Waals surface area contributed by atoms with E-state index >= 15 is 0 Å². The van der Waals surface area contributed by atoms with Gasteiger partial charge in [-0.05, 0) is 63.4 Å². The number of hydrogen-bond acceptors (Lipinski definition) is 4. The maximum Gasteiger partial charge on any atom is 0.138 e. The molecule has 0 amide bonds. The zero-order chi connectivity index (χ0) is 17.0. The Hall–Kier alpha value is -0.810. The molecule has 2 rings (SSSR count). The Morgan fingerprint density at radius 1 is 1.30 bits per heavy atom. The summed E-state index contributed by atoms with van der Waals surface area (Å²) in [5.74, 6) is 0.671. The second-order valence-corrected chi connectivity index (χ2v) is 7.63. The fraction of sp³-hybridized carbons (Fsp3) is 0.667. The maximum absolute atomic E-state index is 10.6. The molecule has 130 valence electrons. The van der Waals surface area contributed by atoms with Crippen LogP contribution in [0.4, 0.5) is 0 Å². The van der Waals surface area contributed by atoms with Gasteiger partial charge < -0.3 is 19.8 Å². The summed E-state index contributed by atoms with van der Waals surface area (Å²) in [5, 5.41) is 20.7. The molecule has 0 bridgehead atoms. The number of ether oxygens (including phenoxy) is 1. The highest BCUT2D eigenvalue weighted by atomic mass is 35.5. The number of benzene rings is 1. The Balaban J connectivity index is 1.97.